The van der Waals surface area contributed by atoms with Gasteiger partial charge < -0.3 is 9.88 Å². The standard InChI is InChI=1S/C17H23N7/c1-17(2,3)24-16-13(9-22-24)15(20-11-21-16)19-8-12-4-5-14-18-6-7-23(14)10-12/h6-7,9,11-12H,4-5,8,10H2,1-3H3,(H,19,20,21). The van der Waals surface area contributed by atoms with Crippen LogP contribution in [0.2, 0.25) is 0 Å². The van der Waals surface area contributed by atoms with Crippen molar-refractivity contribution in [2.45, 2.75) is 45.7 Å². The highest BCUT2D eigenvalue weighted by molar-refractivity contribution is 5.86. The van der Waals surface area contributed by atoms with E-state index in [1.807, 2.05) is 17.1 Å². The van der Waals surface area contributed by atoms with E-state index < -0.39 is 0 Å². The van der Waals surface area contributed by atoms with Crippen LogP contribution >= 0.6 is 0 Å². The Labute approximate surface area is 141 Å². The van der Waals surface area contributed by atoms with Crippen LogP contribution in [-0.4, -0.2) is 35.8 Å². The van der Waals surface area contributed by atoms with E-state index >= 15 is 0 Å². The number of rotatable bonds is 3. The van der Waals surface area contributed by atoms with Crippen molar-refractivity contribution < 1.29 is 0 Å². The Balaban J connectivity index is 1.52. The van der Waals surface area contributed by atoms with Crippen molar-refractivity contribution in [3.8, 4) is 0 Å². The van der Waals surface area contributed by atoms with Crippen LogP contribution in [0.4, 0.5) is 5.82 Å². The van der Waals surface area contributed by atoms with Crippen molar-refractivity contribution in [1.29, 1.82) is 0 Å². The number of aromatic nitrogens is 6. The van der Waals surface area contributed by atoms with E-state index in [1.165, 1.54) is 5.82 Å². The second-order valence-electron chi connectivity index (χ2n) is 7.47. The lowest BCUT2D eigenvalue weighted by molar-refractivity contribution is 0.366. The fourth-order valence-electron chi connectivity index (χ4n) is 3.32. The zero-order chi connectivity index (χ0) is 16.7. The summed E-state index contributed by atoms with van der Waals surface area (Å²) in [5, 5.41) is 8.99. The summed E-state index contributed by atoms with van der Waals surface area (Å²) in [6.45, 7) is 8.28. The lowest BCUT2D eigenvalue weighted by Crippen LogP contribution is -2.26. The van der Waals surface area contributed by atoms with Crippen molar-refractivity contribution in [1.82, 2.24) is 29.3 Å². The van der Waals surface area contributed by atoms with Gasteiger partial charge in [-0.15, -0.1) is 0 Å². The SMILES string of the molecule is CC(C)(C)n1ncc2c(NCC3CCc4nccn4C3)ncnc21. The Morgan fingerprint density at radius 1 is 1.25 bits per heavy atom. The third-order valence-corrected chi connectivity index (χ3v) is 4.59. The summed E-state index contributed by atoms with van der Waals surface area (Å²) in [7, 11) is 0. The quantitative estimate of drug-likeness (QED) is 0.801. The molecular formula is C17H23N7. The van der Waals surface area contributed by atoms with Crippen LogP contribution in [-0.2, 0) is 18.5 Å². The fraction of sp³-hybridized carbons (Fsp3) is 0.529. The van der Waals surface area contributed by atoms with Gasteiger partial charge in [0.05, 0.1) is 17.1 Å². The minimum atomic E-state index is -0.103. The smallest absolute Gasteiger partial charge is 0.163 e. The van der Waals surface area contributed by atoms with E-state index in [1.54, 1.807) is 6.33 Å². The zero-order valence-corrected chi connectivity index (χ0v) is 14.4. The molecule has 1 N–H and O–H groups in total. The van der Waals surface area contributed by atoms with Gasteiger partial charge in [-0.05, 0) is 33.1 Å². The molecule has 3 aromatic rings. The minimum Gasteiger partial charge on any atom is -0.369 e. The molecule has 0 saturated heterocycles. The fourth-order valence-corrected chi connectivity index (χ4v) is 3.32. The number of fused-ring (bicyclic) bond motifs is 2. The molecule has 0 bridgehead atoms. The monoisotopic (exact) mass is 325 g/mol. The van der Waals surface area contributed by atoms with Crippen LogP contribution in [0.15, 0.2) is 24.9 Å². The van der Waals surface area contributed by atoms with Crippen LogP contribution in [0.3, 0.4) is 0 Å². The summed E-state index contributed by atoms with van der Waals surface area (Å²) < 4.78 is 4.20. The Hall–Kier alpha value is -2.44. The lowest BCUT2D eigenvalue weighted by atomic mass is 9.99. The highest BCUT2D eigenvalue weighted by Crippen LogP contribution is 2.25. The molecule has 7 heteroatoms. The molecule has 1 unspecified atom stereocenters. The Kier molecular flexibility index (Phi) is 3.51. The summed E-state index contributed by atoms with van der Waals surface area (Å²) in [5.74, 6) is 2.64. The topological polar surface area (TPSA) is 73.5 Å². The van der Waals surface area contributed by atoms with Gasteiger partial charge in [-0.3, -0.25) is 0 Å². The van der Waals surface area contributed by atoms with E-state index in [0.29, 0.717) is 5.92 Å². The number of anilines is 1. The molecule has 0 aromatic carbocycles. The molecule has 0 fully saturated rings. The van der Waals surface area contributed by atoms with Crippen LogP contribution in [0.1, 0.15) is 33.0 Å². The van der Waals surface area contributed by atoms with E-state index in [0.717, 1.165) is 42.8 Å². The maximum absolute atomic E-state index is 4.51. The maximum atomic E-state index is 4.51. The third-order valence-electron chi connectivity index (χ3n) is 4.59. The molecule has 1 aliphatic rings. The molecule has 0 spiro atoms. The second-order valence-corrected chi connectivity index (χ2v) is 7.47. The highest BCUT2D eigenvalue weighted by atomic mass is 15.3. The largest absolute Gasteiger partial charge is 0.369 e. The second kappa shape index (κ2) is 5.58. The first-order valence-electron chi connectivity index (χ1n) is 8.45. The predicted molar refractivity (Wildman–Crippen MR) is 92.8 cm³/mol. The predicted octanol–water partition coefficient (Wildman–Crippen LogP) is 2.45. The number of nitrogens with zero attached hydrogens (tertiary/aromatic N) is 6. The summed E-state index contributed by atoms with van der Waals surface area (Å²) in [6, 6.07) is 0. The van der Waals surface area contributed by atoms with Crippen LogP contribution in [0.25, 0.3) is 11.0 Å². The van der Waals surface area contributed by atoms with Gasteiger partial charge in [0, 0.05) is 31.9 Å². The highest BCUT2D eigenvalue weighted by Gasteiger charge is 2.21. The van der Waals surface area contributed by atoms with Crippen LogP contribution < -0.4 is 5.32 Å². The zero-order valence-electron chi connectivity index (χ0n) is 14.4. The van der Waals surface area contributed by atoms with E-state index in [9.17, 15) is 0 Å². The molecule has 0 radical (unpaired) electrons. The number of hydrogen-bond donors (Lipinski definition) is 1. The van der Waals surface area contributed by atoms with Gasteiger partial charge in [-0.25, -0.2) is 19.6 Å². The first-order chi connectivity index (χ1) is 11.5. The molecule has 24 heavy (non-hydrogen) atoms. The molecule has 4 rings (SSSR count). The van der Waals surface area contributed by atoms with Crippen molar-refractivity contribution in [3.05, 3.63) is 30.7 Å². The Bertz CT molecular complexity index is 855. The number of hydrogen-bond acceptors (Lipinski definition) is 5. The average Bonchev–Trinajstić information content (AvgIpc) is 3.18. The van der Waals surface area contributed by atoms with Gasteiger partial charge in [0.2, 0.25) is 0 Å². The number of aryl methyl sites for hydroxylation is 1. The van der Waals surface area contributed by atoms with Gasteiger partial charge in [-0.2, -0.15) is 5.10 Å². The minimum absolute atomic E-state index is 0.103. The Morgan fingerprint density at radius 2 is 2.12 bits per heavy atom. The molecule has 4 heterocycles. The van der Waals surface area contributed by atoms with E-state index in [2.05, 4.69) is 56.9 Å². The molecule has 3 aromatic heterocycles. The molecule has 0 amide bonds. The van der Waals surface area contributed by atoms with Gasteiger partial charge >= 0.3 is 0 Å². The number of nitrogens with one attached hydrogen (secondary N) is 1. The first kappa shape index (κ1) is 15.1. The van der Waals surface area contributed by atoms with Crippen molar-refractivity contribution in [3.63, 3.8) is 0 Å². The normalized spacial score (nSPS) is 17.9. The van der Waals surface area contributed by atoms with Crippen LogP contribution in [0, 0.1) is 5.92 Å². The van der Waals surface area contributed by atoms with Crippen molar-refractivity contribution >= 4 is 16.9 Å². The molecular weight excluding hydrogens is 302 g/mol. The van der Waals surface area contributed by atoms with Gasteiger partial charge in [0.15, 0.2) is 5.65 Å². The van der Waals surface area contributed by atoms with Gasteiger partial charge in [0.1, 0.15) is 18.0 Å². The van der Waals surface area contributed by atoms with Gasteiger partial charge in [0.25, 0.3) is 0 Å². The van der Waals surface area contributed by atoms with Crippen molar-refractivity contribution in [2.75, 3.05) is 11.9 Å². The van der Waals surface area contributed by atoms with Crippen molar-refractivity contribution in [2.24, 2.45) is 5.92 Å². The van der Waals surface area contributed by atoms with Gasteiger partial charge in [-0.1, -0.05) is 0 Å². The molecule has 1 atom stereocenters. The molecule has 0 saturated carbocycles. The summed E-state index contributed by atoms with van der Waals surface area (Å²) in [6.07, 6.45) is 9.62. The third kappa shape index (κ3) is 2.64. The maximum Gasteiger partial charge on any atom is 0.163 e. The molecule has 7 nitrogen and oxygen atoms in total. The molecule has 0 aliphatic carbocycles. The summed E-state index contributed by atoms with van der Waals surface area (Å²) in [4.78, 5) is 13.2. The first-order valence-corrected chi connectivity index (χ1v) is 8.45. The average molecular weight is 325 g/mol. The molecule has 126 valence electrons. The summed E-state index contributed by atoms with van der Waals surface area (Å²) >= 11 is 0. The van der Waals surface area contributed by atoms with Crippen LogP contribution in [0.5, 0.6) is 0 Å². The Morgan fingerprint density at radius 3 is 2.96 bits per heavy atom. The lowest BCUT2D eigenvalue weighted by Gasteiger charge is -2.24. The molecule has 1 aliphatic heterocycles. The number of imidazole rings is 1. The van der Waals surface area contributed by atoms with E-state index in [-0.39, 0.29) is 5.54 Å². The van der Waals surface area contributed by atoms with E-state index in [4.69, 9.17) is 0 Å². The summed E-state index contributed by atoms with van der Waals surface area (Å²) in [5.41, 5.74) is 0.773.